The summed E-state index contributed by atoms with van der Waals surface area (Å²) in [6.07, 6.45) is 0. The Labute approximate surface area is 112 Å². The number of nitrogens with one attached hydrogen (secondary N) is 1. The molecular formula is C14H7F3N2O. The number of hydrogen-bond acceptors (Lipinski definition) is 2. The monoisotopic (exact) mass is 276 g/mol. The number of nitrogens with zero attached hydrogens (tertiary/aromatic N) is 1. The first-order chi connectivity index (χ1) is 9.52. The van der Waals surface area contributed by atoms with Gasteiger partial charge in [0.25, 0.3) is 5.91 Å². The Hall–Kier alpha value is -2.81. The zero-order valence-electron chi connectivity index (χ0n) is 9.95. The maximum absolute atomic E-state index is 13.4. The van der Waals surface area contributed by atoms with E-state index in [0.717, 1.165) is 6.07 Å². The number of nitriles is 1. The number of rotatable bonds is 2. The molecule has 2 aromatic rings. The fraction of sp³-hybridized carbons (Fsp3) is 0. The Balaban J connectivity index is 2.23. The van der Waals surface area contributed by atoms with Crippen LogP contribution in [0.1, 0.15) is 15.9 Å². The first-order valence-electron chi connectivity index (χ1n) is 5.48. The van der Waals surface area contributed by atoms with E-state index in [1.54, 1.807) is 0 Å². The summed E-state index contributed by atoms with van der Waals surface area (Å²) in [4.78, 5) is 11.8. The quantitative estimate of drug-likeness (QED) is 0.856. The van der Waals surface area contributed by atoms with Crippen LogP contribution < -0.4 is 5.32 Å². The van der Waals surface area contributed by atoms with Crippen molar-refractivity contribution in [2.45, 2.75) is 0 Å². The maximum atomic E-state index is 13.4. The molecule has 0 aromatic heterocycles. The Morgan fingerprint density at radius 3 is 2.25 bits per heavy atom. The fourth-order valence-electron chi connectivity index (χ4n) is 1.51. The van der Waals surface area contributed by atoms with Gasteiger partial charge in [-0.3, -0.25) is 4.79 Å². The predicted octanol–water partition coefficient (Wildman–Crippen LogP) is 3.23. The van der Waals surface area contributed by atoms with Gasteiger partial charge in [-0.1, -0.05) is 0 Å². The minimum absolute atomic E-state index is 0.160. The first-order valence-corrected chi connectivity index (χ1v) is 5.48. The highest BCUT2D eigenvalue weighted by atomic mass is 19.2. The Kier molecular flexibility index (Phi) is 3.71. The smallest absolute Gasteiger partial charge is 0.255 e. The van der Waals surface area contributed by atoms with Crippen LogP contribution >= 0.6 is 0 Å². The average molecular weight is 276 g/mol. The third kappa shape index (κ3) is 2.62. The van der Waals surface area contributed by atoms with Crippen molar-refractivity contribution in [3.8, 4) is 6.07 Å². The number of hydrogen-bond donors (Lipinski definition) is 1. The van der Waals surface area contributed by atoms with E-state index in [4.69, 9.17) is 5.26 Å². The van der Waals surface area contributed by atoms with Crippen LogP contribution in [0.2, 0.25) is 0 Å². The van der Waals surface area contributed by atoms with E-state index in [-0.39, 0.29) is 5.56 Å². The van der Waals surface area contributed by atoms with Gasteiger partial charge < -0.3 is 5.32 Å². The van der Waals surface area contributed by atoms with E-state index in [0.29, 0.717) is 11.6 Å². The molecule has 0 aliphatic heterocycles. The van der Waals surface area contributed by atoms with Crippen LogP contribution in [-0.4, -0.2) is 5.91 Å². The summed E-state index contributed by atoms with van der Waals surface area (Å²) >= 11 is 0. The third-order valence-corrected chi connectivity index (χ3v) is 2.56. The second kappa shape index (κ2) is 5.45. The molecular weight excluding hydrogens is 269 g/mol. The molecule has 0 heterocycles. The highest BCUT2D eigenvalue weighted by Crippen LogP contribution is 2.20. The van der Waals surface area contributed by atoms with Gasteiger partial charge >= 0.3 is 0 Å². The number of carbonyl (C=O) groups is 1. The average Bonchev–Trinajstić information content (AvgIpc) is 2.48. The molecule has 20 heavy (non-hydrogen) atoms. The van der Waals surface area contributed by atoms with Crippen LogP contribution in [0.25, 0.3) is 0 Å². The van der Waals surface area contributed by atoms with E-state index >= 15 is 0 Å². The molecule has 0 atom stereocenters. The lowest BCUT2D eigenvalue weighted by Gasteiger charge is -2.07. The number of amides is 1. The van der Waals surface area contributed by atoms with Crippen molar-refractivity contribution in [3.05, 3.63) is 65.0 Å². The Morgan fingerprint density at radius 1 is 1.00 bits per heavy atom. The van der Waals surface area contributed by atoms with Crippen LogP contribution in [0.4, 0.5) is 18.9 Å². The lowest BCUT2D eigenvalue weighted by Crippen LogP contribution is -2.13. The second-order valence-corrected chi connectivity index (χ2v) is 3.87. The first kappa shape index (κ1) is 13.6. The van der Waals surface area contributed by atoms with Crippen molar-refractivity contribution in [1.82, 2.24) is 0 Å². The summed E-state index contributed by atoms with van der Waals surface area (Å²) in [6.45, 7) is 0. The van der Waals surface area contributed by atoms with Crippen LogP contribution in [-0.2, 0) is 0 Å². The standard InChI is InChI=1S/C14H7F3N2O/c15-10-5-6-11(13(17)12(10)16)19-14(20)9-3-1-8(7-18)2-4-9/h1-6H,(H,19,20). The number of carbonyl (C=O) groups excluding carboxylic acids is 1. The Morgan fingerprint density at radius 2 is 1.65 bits per heavy atom. The molecule has 0 unspecified atom stereocenters. The van der Waals surface area contributed by atoms with Crippen molar-refractivity contribution in [1.29, 1.82) is 5.26 Å². The molecule has 1 N–H and O–H groups in total. The minimum atomic E-state index is -1.65. The van der Waals surface area contributed by atoms with E-state index in [1.807, 2.05) is 6.07 Å². The zero-order valence-corrected chi connectivity index (χ0v) is 9.95. The van der Waals surface area contributed by atoms with E-state index < -0.39 is 29.0 Å². The predicted molar refractivity (Wildman–Crippen MR) is 65.4 cm³/mol. The molecule has 0 radical (unpaired) electrons. The SMILES string of the molecule is N#Cc1ccc(C(=O)Nc2ccc(F)c(F)c2F)cc1. The van der Waals surface area contributed by atoms with Crippen LogP contribution in [0.3, 0.4) is 0 Å². The van der Waals surface area contributed by atoms with Gasteiger partial charge in [0.1, 0.15) is 0 Å². The molecule has 0 spiro atoms. The zero-order chi connectivity index (χ0) is 14.7. The van der Waals surface area contributed by atoms with Gasteiger partial charge in [0.05, 0.1) is 17.3 Å². The lowest BCUT2D eigenvalue weighted by molar-refractivity contribution is 0.102. The van der Waals surface area contributed by atoms with Gasteiger partial charge in [0, 0.05) is 5.56 Å². The maximum Gasteiger partial charge on any atom is 0.255 e. The molecule has 3 nitrogen and oxygen atoms in total. The summed E-state index contributed by atoms with van der Waals surface area (Å²) in [6, 6.07) is 9.08. The van der Waals surface area contributed by atoms with Gasteiger partial charge in [0.2, 0.25) is 0 Å². The molecule has 0 aliphatic carbocycles. The van der Waals surface area contributed by atoms with E-state index in [9.17, 15) is 18.0 Å². The topological polar surface area (TPSA) is 52.9 Å². The third-order valence-electron chi connectivity index (χ3n) is 2.56. The van der Waals surface area contributed by atoms with Crippen LogP contribution in [0.5, 0.6) is 0 Å². The molecule has 0 fully saturated rings. The molecule has 0 saturated carbocycles. The van der Waals surface area contributed by atoms with Gasteiger partial charge in [-0.25, -0.2) is 13.2 Å². The molecule has 0 bridgehead atoms. The molecule has 1 amide bonds. The summed E-state index contributed by atoms with van der Waals surface area (Å²) < 4.78 is 39.1. The van der Waals surface area contributed by atoms with Crippen molar-refractivity contribution in [3.63, 3.8) is 0 Å². The van der Waals surface area contributed by atoms with Gasteiger partial charge in [-0.2, -0.15) is 5.26 Å². The van der Waals surface area contributed by atoms with Crippen LogP contribution in [0, 0.1) is 28.8 Å². The molecule has 2 rings (SSSR count). The highest BCUT2D eigenvalue weighted by Gasteiger charge is 2.15. The minimum Gasteiger partial charge on any atom is -0.319 e. The summed E-state index contributed by atoms with van der Waals surface area (Å²) in [5, 5.41) is 10.7. The van der Waals surface area contributed by atoms with Crippen molar-refractivity contribution in [2.75, 3.05) is 5.32 Å². The lowest BCUT2D eigenvalue weighted by atomic mass is 10.1. The number of benzene rings is 2. The number of halogens is 3. The van der Waals surface area contributed by atoms with Crippen LogP contribution in [0.15, 0.2) is 36.4 Å². The molecule has 100 valence electrons. The van der Waals surface area contributed by atoms with Gasteiger partial charge in [0.15, 0.2) is 17.5 Å². The Bertz CT molecular complexity index is 706. The summed E-state index contributed by atoms with van der Waals surface area (Å²) in [7, 11) is 0. The molecule has 0 aliphatic rings. The van der Waals surface area contributed by atoms with E-state index in [1.165, 1.54) is 24.3 Å². The van der Waals surface area contributed by atoms with Crippen molar-refractivity contribution < 1.29 is 18.0 Å². The largest absolute Gasteiger partial charge is 0.319 e. The van der Waals surface area contributed by atoms with E-state index in [2.05, 4.69) is 5.32 Å². The molecule has 6 heteroatoms. The molecule has 0 saturated heterocycles. The number of anilines is 1. The van der Waals surface area contributed by atoms with Crippen molar-refractivity contribution in [2.24, 2.45) is 0 Å². The normalized spacial score (nSPS) is 9.90. The van der Waals surface area contributed by atoms with Crippen molar-refractivity contribution >= 4 is 11.6 Å². The second-order valence-electron chi connectivity index (χ2n) is 3.87. The van der Waals surface area contributed by atoms with Gasteiger partial charge in [-0.15, -0.1) is 0 Å². The molecule has 2 aromatic carbocycles. The highest BCUT2D eigenvalue weighted by molar-refractivity contribution is 6.04. The summed E-state index contributed by atoms with van der Waals surface area (Å²) in [5.41, 5.74) is 0.0620. The van der Waals surface area contributed by atoms with Gasteiger partial charge in [-0.05, 0) is 36.4 Å². The summed E-state index contributed by atoms with van der Waals surface area (Å²) in [5.74, 6) is -5.15. The fourth-order valence-corrected chi connectivity index (χ4v) is 1.51.